The molecule has 1 N–H and O–H groups in total. The third kappa shape index (κ3) is 4.48. The van der Waals surface area contributed by atoms with E-state index in [1.165, 1.54) is 5.56 Å². The highest BCUT2D eigenvalue weighted by atomic mass is 32.1. The number of aryl methyl sites for hydroxylation is 2. The van der Waals surface area contributed by atoms with Gasteiger partial charge >= 0.3 is 0 Å². The average Bonchev–Trinajstić information content (AvgIpc) is 3.45. The molecule has 0 aliphatic heterocycles. The molecule has 0 atom stereocenters. The van der Waals surface area contributed by atoms with E-state index >= 15 is 0 Å². The van der Waals surface area contributed by atoms with Crippen molar-refractivity contribution < 1.29 is 13.9 Å². The minimum atomic E-state index is -0.123. The van der Waals surface area contributed by atoms with E-state index < -0.39 is 0 Å². The van der Waals surface area contributed by atoms with Crippen LogP contribution in [0.5, 0.6) is 5.75 Å². The first-order valence-electron chi connectivity index (χ1n) is 10.7. The van der Waals surface area contributed by atoms with Crippen LogP contribution in [0.4, 0.5) is 0 Å². The van der Waals surface area contributed by atoms with Crippen LogP contribution < -0.4 is 10.1 Å². The van der Waals surface area contributed by atoms with Crippen molar-refractivity contribution in [2.24, 2.45) is 0 Å². The van der Waals surface area contributed by atoms with E-state index in [0.717, 1.165) is 49.4 Å². The lowest BCUT2D eigenvalue weighted by Crippen LogP contribution is -2.20. The predicted octanol–water partition coefficient (Wildman–Crippen LogP) is 6.90. The molecular weight excluding hydrogens is 418 g/mol. The number of hydrogen-bond acceptors (Lipinski definition) is 4. The molecule has 0 spiro atoms. The van der Waals surface area contributed by atoms with E-state index in [4.69, 9.17) is 9.15 Å². The number of thiophene rings is 1. The van der Waals surface area contributed by atoms with Gasteiger partial charge in [0.15, 0.2) is 0 Å². The second-order valence-electron chi connectivity index (χ2n) is 7.83. The molecule has 2 aromatic heterocycles. The number of nitrogens with one attached hydrogen (secondary N) is 1. The lowest BCUT2D eigenvalue weighted by Gasteiger charge is -2.15. The molecule has 4 aromatic rings. The summed E-state index contributed by atoms with van der Waals surface area (Å²) < 4.78 is 12.0. The third-order valence-corrected chi connectivity index (χ3v) is 6.36. The molecule has 0 unspecified atom stereocenters. The monoisotopic (exact) mass is 445 g/mol. The van der Waals surface area contributed by atoms with Crippen LogP contribution in [0.25, 0.3) is 27.7 Å². The lowest BCUT2D eigenvalue weighted by molar-refractivity contribution is -0.116. The molecule has 2 heterocycles. The normalized spacial score (nSPS) is 11.7. The van der Waals surface area contributed by atoms with E-state index in [1.54, 1.807) is 23.7 Å². The molecule has 0 aliphatic carbocycles. The fraction of sp³-hybridized carbons (Fsp3) is 0.222. The Morgan fingerprint density at radius 2 is 1.97 bits per heavy atom. The first-order valence-corrected chi connectivity index (χ1v) is 11.6. The van der Waals surface area contributed by atoms with Gasteiger partial charge in [-0.05, 0) is 56.3 Å². The van der Waals surface area contributed by atoms with Gasteiger partial charge in [0, 0.05) is 33.0 Å². The molecule has 2 aromatic carbocycles. The highest BCUT2D eigenvalue weighted by Gasteiger charge is 2.19. The molecule has 0 radical (unpaired) electrons. The van der Waals surface area contributed by atoms with Gasteiger partial charge in [-0.3, -0.25) is 4.79 Å². The van der Waals surface area contributed by atoms with Crippen molar-refractivity contribution in [2.45, 2.75) is 34.2 Å². The summed E-state index contributed by atoms with van der Waals surface area (Å²) >= 11 is 1.63. The zero-order chi connectivity index (χ0) is 22.7. The van der Waals surface area contributed by atoms with E-state index in [1.807, 2.05) is 38.3 Å². The van der Waals surface area contributed by atoms with Crippen LogP contribution in [0.1, 0.15) is 35.4 Å². The first-order chi connectivity index (χ1) is 15.5. The van der Waals surface area contributed by atoms with Crippen molar-refractivity contribution in [3.63, 3.8) is 0 Å². The number of fused-ring (bicyclic) bond motifs is 1. The third-order valence-electron chi connectivity index (χ3n) is 5.48. The van der Waals surface area contributed by atoms with Crippen LogP contribution in [-0.2, 0) is 11.3 Å². The van der Waals surface area contributed by atoms with Gasteiger partial charge in [-0.2, -0.15) is 0 Å². The SMILES string of the molecule is CCOc1c(/C(C)=C/C(=O)NCc2cccs2)cc2c(-c3ccc(C)cc3)coc2c1C. The standard InChI is InChI=1S/C27H27NO3S/c1-5-30-26-19(4)27-23(24(16-31-27)20-10-8-17(2)9-11-20)14-22(26)18(3)13-25(29)28-15-21-7-6-12-32-21/h6-14,16H,5,15H2,1-4H3,(H,28,29)/b18-13+. The maximum atomic E-state index is 12.6. The van der Waals surface area contributed by atoms with Gasteiger partial charge in [-0.25, -0.2) is 0 Å². The molecule has 1 amide bonds. The number of benzene rings is 2. The number of carbonyl (C=O) groups excluding carboxylic acids is 1. The fourth-order valence-electron chi connectivity index (χ4n) is 3.81. The quantitative estimate of drug-likeness (QED) is 0.315. The Balaban J connectivity index is 1.74. The van der Waals surface area contributed by atoms with Crippen molar-refractivity contribution in [3.05, 3.63) is 81.8 Å². The van der Waals surface area contributed by atoms with E-state index in [9.17, 15) is 4.79 Å². The summed E-state index contributed by atoms with van der Waals surface area (Å²) in [6.07, 6.45) is 3.44. The zero-order valence-electron chi connectivity index (χ0n) is 18.8. The number of allylic oxidation sites excluding steroid dienone is 1. The highest BCUT2D eigenvalue weighted by Crippen LogP contribution is 2.40. The molecule has 32 heavy (non-hydrogen) atoms. The summed E-state index contributed by atoms with van der Waals surface area (Å²) in [5.74, 6) is 0.631. The lowest BCUT2D eigenvalue weighted by atomic mass is 9.96. The summed E-state index contributed by atoms with van der Waals surface area (Å²) in [6, 6.07) is 14.5. The number of hydrogen-bond donors (Lipinski definition) is 1. The van der Waals surface area contributed by atoms with E-state index in [0.29, 0.717) is 13.2 Å². The molecule has 0 saturated heterocycles. The Morgan fingerprint density at radius 1 is 1.19 bits per heavy atom. The van der Waals surface area contributed by atoms with Gasteiger partial charge in [0.2, 0.25) is 5.91 Å². The Morgan fingerprint density at radius 3 is 2.66 bits per heavy atom. The van der Waals surface area contributed by atoms with Gasteiger partial charge in [-0.15, -0.1) is 11.3 Å². The Labute approximate surface area is 192 Å². The number of furan rings is 1. The summed E-state index contributed by atoms with van der Waals surface area (Å²) in [5, 5.41) is 5.98. The van der Waals surface area contributed by atoms with Crippen LogP contribution in [0.2, 0.25) is 0 Å². The molecule has 4 nitrogen and oxygen atoms in total. The van der Waals surface area contributed by atoms with Gasteiger partial charge in [-0.1, -0.05) is 35.9 Å². The molecule has 164 valence electrons. The van der Waals surface area contributed by atoms with Crippen molar-refractivity contribution in [1.82, 2.24) is 5.32 Å². The Bertz CT molecular complexity index is 1260. The Hall–Kier alpha value is -3.31. The molecule has 0 fully saturated rings. The molecule has 0 aliphatic rings. The average molecular weight is 446 g/mol. The molecule has 0 saturated carbocycles. The topological polar surface area (TPSA) is 51.5 Å². The van der Waals surface area contributed by atoms with E-state index in [-0.39, 0.29) is 5.91 Å². The van der Waals surface area contributed by atoms with Crippen molar-refractivity contribution in [3.8, 4) is 16.9 Å². The second kappa shape index (κ2) is 9.45. The molecule has 0 bridgehead atoms. The van der Waals surface area contributed by atoms with Gasteiger partial charge in [0.05, 0.1) is 19.4 Å². The maximum absolute atomic E-state index is 12.6. The smallest absolute Gasteiger partial charge is 0.244 e. The fourth-order valence-corrected chi connectivity index (χ4v) is 4.45. The van der Waals surface area contributed by atoms with Crippen LogP contribution in [0, 0.1) is 13.8 Å². The Kier molecular flexibility index (Phi) is 6.47. The largest absolute Gasteiger partial charge is 0.493 e. The van der Waals surface area contributed by atoms with Crippen molar-refractivity contribution in [1.29, 1.82) is 0 Å². The summed E-state index contributed by atoms with van der Waals surface area (Å²) in [5.41, 5.74) is 6.83. The van der Waals surface area contributed by atoms with Crippen LogP contribution in [0.15, 0.2) is 64.6 Å². The van der Waals surface area contributed by atoms with Gasteiger partial charge in [0.25, 0.3) is 0 Å². The first kappa shape index (κ1) is 21.9. The van der Waals surface area contributed by atoms with Gasteiger partial charge < -0.3 is 14.5 Å². The molecule has 5 heteroatoms. The minimum Gasteiger partial charge on any atom is -0.493 e. The van der Waals surface area contributed by atoms with Crippen LogP contribution >= 0.6 is 11.3 Å². The van der Waals surface area contributed by atoms with Gasteiger partial charge in [0.1, 0.15) is 11.3 Å². The summed E-state index contributed by atoms with van der Waals surface area (Å²) in [6.45, 7) is 9.03. The highest BCUT2D eigenvalue weighted by molar-refractivity contribution is 7.09. The van der Waals surface area contributed by atoms with Crippen molar-refractivity contribution in [2.75, 3.05) is 6.61 Å². The number of ether oxygens (including phenoxy) is 1. The van der Waals surface area contributed by atoms with Crippen LogP contribution in [-0.4, -0.2) is 12.5 Å². The van der Waals surface area contributed by atoms with Crippen molar-refractivity contribution >= 4 is 33.8 Å². The number of amides is 1. The predicted molar refractivity (Wildman–Crippen MR) is 132 cm³/mol. The second-order valence-corrected chi connectivity index (χ2v) is 8.86. The van der Waals surface area contributed by atoms with Crippen LogP contribution in [0.3, 0.4) is 0 Å². The molecular formula is C27H27NO3S. The minimum absolute atomic E-state index is 0.123. The maximum Gasteiger partial charge on any atom is 0.244 e. The zero-order valence-corrected chi connectivity index (χ0v) is 19.6. The number of carbonyl (C=O) groups is 1. The van der Waals surface area contributed by atoms with E-state index in [2.05, 4.69) is 42.6 Å². The summed E-state index contributed by atoms with van der Waals surface area (Å²) in [4.78, 5) is 13.7. The summed E-state index contributed by atoms with van der Waals surface area (Å²) in [7, 11) is 0. The molecule has 4 rings (SSSR count). The number of rotatable bonds is 7.